The average Bonchev–Trinajstić information content (AvgIpc) is 2.54. The van der Waals surface area contributed by atoms with E-state index in [0.29, 0.717) is 10.9 Å². The number of nitrogens with one attached hydrogen (secondary N) is 1. The van der Waals surface area contributed by atoms with Crippen molar-refractivity contribution >= 4 is 29.3 Å². The number of amides is 1. The molecule has 1 atom stereocenters. The van der Waals surface area contributed by atoms with E-state index in [1.165, 1.54) is 11.6 Å². The fraction of sp³-hybridized carbons (Fsp3) is 0.211. The average molecular weight is 314 g/mol. The molecule has 22 heavy (non-hydrogen) atoms. The molecule has 0 bridgehead atoms. The maximum atomic E-state index is 11.9. The molecule has 2 nitrogen and oxygen atoms in total. The third-order valence-electron chi connectivity index (χ3n) is 3.68. The van der Waals surface area contributed by atoms with Crippen molar-refractivity contribution in [3.05, 3.63) is 70.8 Å². The highest BCUT2D eigenvalue weighted by Crippen LogP contribution is 2.20. The highest BCUT2D eigenvalue weighted by atomic mass is 35.5. The zero-order valence-corrected chi connectivity index (χ0v) is 13.6. The van der Waals surface area contributed by atoms with Crippen LogP contribution in [0, 0.1) is 0 Å². The highest BCUT2D eigenvalue weighted by molar-refractivity contribution is 6.32. The van der Waals surface area contributed by atoms with E-state index in [1.54, 1.807) is 12.1 Å². The molecule has 0 spiro atoms. The van der Waals surface area contributed by atoms with Crippen LogP contribution in [-0.2, 0) is 4.79 Å². The first-order chi connectivity index (χ1) is 10.6. The normalized spacial score (nSPS) is 12.3. The molecule has 2 aromatic rings. The monoisotopic (exact) mass is 313 g/mol. The fourth-order valence-corrected chi connectivity index (χ4v) is 2.29. The molecule has 2 aromatic carbocycles. The summed E-state index contributed by atoms with van der Waals surface area (Å²) in [5.41, 5.74) is 2.90. The van der Waals surface area contributed by atoms with Crippen LogP contribution in [0.15, 0.2) is 54.6 Å². The fourth-order valence-electron chi connectivity index (χ4n) is 2.09. The number of anilines is 1. The molecule has 0 aliphatic heterocycles. The number of carbonyl (C=O) groups is 1. The van der Waals surface area contributed by atoms with Gasteiger partial charge in [-0.3, -0.25) is 4.79 Å². The largest absolute Gasteiger partial charge is 0.323 e. The first kappa shape index (κ1) is 16.3. The number of benzene rings is 2. The number of halogens is 1. The Balaban J connectivity index is 1.99. The van der Waals surface area contributed by atoms with Crippen LogP contribution in [0.4, 0.5) is 5.69 Å². The smallest absolute Gasteiger partial charge is 0.248 e. The molecular weight excluding hydrogens is 294 g/mol. The lowest BCUT2D eigenvalue weighted by atomic mass is 9.99. The molecule has 0 unspecified atom stereocenters. The minimum Gasteiger partial charge on any atom is -0.323 e. The van der Waals surface area contributed by atoms with Gasteiger partial charge in [-0.2, -0.15) is 0 Å². The minimum atomic E-state index is -0.170. The van der Waals surface area contributed by atoms with Crippen molar-refractivity contribution in [1.29, 1.82) is 0 Å². The van der Waals surface area contributed by atoms with Gasteiger partial charge >= 0.3 is 0 Å². The summed E-state index contributed by atoms with van der Waals surface area (Å²) in [6.07, 6.45) is 4.31. The second kappa shape index (κ2) is 7.81. The van der Waals surface area contributed by atoms with Crippen LogP contribution in [0.2, 0.25) is 5.02 Å². The molecular formula is C19H20ClNO. The zero-order valence-electron chi connectivity index (χ0n) is 12.8. The molecule has 0 radical (unpaired) electrons. The summed E-state index contributed by atoms with van der Waals surface area (Å²) in [7, 11) is 0. The van der Waals surface area contributed by atoms with E-state index < -0.39 is 0 Å². The molecule has 0 saturated heterocycles. The second-order valence-corrected chi connectivity index (χ2v) is 5.68. The van der Waals surface area contributed by atoms with Crippen LogP contribution in [0.1, 0.15) is 37.3 Å². The van der Waals surface area contributed by atoms with Crippen molar-refractivity contribution in [2.24, 2.45) is 0 Å². The number of hydrogen-bond donors (Lipinski definition) is 1. The van der Waals surface area contributed by atoms with Crippen molar-refractivity contribution in [2.45, 2.75) is 26.2 Å². The van der Waals surface area contributed by atoms with Crippen LogP contribution in [0.5, 0.6) is 0 Å². The standard InChI is InChI=1S/C19H20ClNO/c1-3-14(2)15-8-11-17(12-9-15)21-19(22)13-10-16-6-4-5-7-18(16)20/h4-14H,3H2,1-2H3,(H,21,22)/b13-10+/t14-/m0/s1. The predicted molar refractivity (Wildman–Crippen MR) is 94.3 cm³/mol. The van der Waals surface area contributed by atoms with E-state index in [2.05, 4.69) is 31.3 Å². The van der Waals surface area contributed by atoms with Gasteiger partial charge < -0.3 is 5.32 Å². The van der Waals surface area contributed by atoms with Crippen LogP contribution in [0.25, 0.3) is 6.08 Å². The van der Waals surface area contributed by atoms with Crippen LogP contribution in [-0.4, -0.2) is 5.91 Å². The van der Waals surface area contributed by atoms with Gasteiger partial charge in [0.15, 0.2) is 0 Å². The summed E-state index contributed by atoms with van der Waals surface area (Å²) in [4.78, 5) is 11.9. The molecule has 0 aliphatic carbocycles. The van der Waals surface area contributed by atoms with E-state index in [4.69, 9.17) is 11.6 Å². The Kier molecular flexibility index (Phi) is 5.79. The minimum absolute atomic E-state index is 0.170. The highest BCUT2D eigenvalue weighted by Gasteiger charge is 2.03. The third-order valence-corrected chi connectivity index (χ3v) is 4.02. The lowest BCUT2D eigenvalue weighted by molar-refractivity contribution is -0.111. The quantitative estimate of drug-likeness (QED) is 0.725. The van der Waals surface area contributed by atoms with Crippen molar-refractivity contribution in [3.8, 4) is 0 Å². The molecule has 0 aliphatic rings. The Morgan fingerprint density at radius 2 is 1.86 bits per heavy atom. The van der Waals surface area contributed by atoms with E-state index in [-0.39, 0.29) is 5.91 Å². The SMILES string of the molecule is CC[C@H](C)c1ccc(NC(=O)/C=C/c2ccccc2Cl)cc1. The van der Waals surface area contributed by atoms with E-state index in [9.17, 15) is 4.79 Å². The van der Waals surface area contributed by atoms with E-state index >= 15 is 0 Å². The van der Waals surface area contributed by atoms with Crippen LogP contribution < -0.4 is 5.32 Å². The molecule has 0 aromatic heterocycles. The molecule has 0 saturated carbocycles. The Morgan fingerprint density at radius 3 is 2.50 bits per heavy atom. The van der Waals surface area contributed by atoms with Gasteiger partial charge in [0.25, 0.3) is 0 Å². The second-order valence-electron chi connectivity index (χ2n) is 5.28. The molecule has 1 amide bonds. The summed E-state index contributed by atoms with van der Waals surface area (Å²) >= 11 is 6.05. The molecule has 0 heterocycles. The lowest BCUT2D eigenvalue weighted by Crippen LogP contribution is -2.07. The Bertz CT molecular complexity index is 661. The van der Waals surface area contributed by atoms with E-state index in [1.807, 2.05) is 30.3 Å². The maximum absolute atomic E-state index is 11.9. The number of rotatable bonds is 5. The van der Waals surface area contributed by atoms with Gasteiger partial charge in [-0.25, -0.2) is 0 Å². The first-order valence-corrected chi connectivity index (χ1v) is 7.81. The van der Waals surface area contributed by atoms with Crippen LogP contribution >= 0.6 is 11.6 Å². The maximum Gasteiger partial charge on any atom is 0.248 e. The topological polar surface area (TPSA) is 29.1 Å². The van der Waals surface area contributed by atoms with Gasteiger partial charge in [0, 0.05) is 16.8 Å². The molecule has 3 heteroatoms. The third kappa shape index (κ3) is 4.47. The zero-order chi connectivity index (χ0) is 15.9. The van der Waals surface area contributed by atoms with Crippen molar-refractivity contribution in [1.82, 2.24) is 0 Å². The van der Waals surface area contributed by atoms with Gasteiger partial charge in [-0.15, -0.1) is 0 Å². The van der Waals surface area contributed by atoms with Crippen molar-refractivity contribution in [2.75, 3.05) is 5.32 Å². The molecule has 2 rings (SSSR count). The van der Waals surface area contributed by atoms with E-state index in [0.717, 1.165) is 17.7 Å². The van der Waals surface area contributed by atoms with Gasteiger partial charge in [-0.05, 0) is 47.7 Å². The summed E-state index contributed by atoms with van der Waals surface area (Å²) in [6, 6.07) is 15.4. The number of carbonyl (C=O) groups excluding carboxylic acids is 1. The summed E-state index contributed by atoms with van der Waals surface area (Å²) in [5, 5.41) is 3.48. The Hall–Kier alpha value is -2.06. The Morgan fingerprint density at radius 1 is 1.18 bits per heavy atom. The van der Waals surface area contributed by atoms with Gasteiger partial charge in [0.05, 0.1) is 0 Å². The van der Waals surface area contributed by atoms with Gasteiger partial charge in [0.2, 0.25) is 5.91 Å². The van der Waals surface area contributed by atoms with Crippen molar-refractivity contribution < 1.29 is 4.79 Å². The number of hydrogen-bond acceptors (Lipinski definition) is 1. The lowest BCUT2D eigenvalue weighted by Gasteiger charge is -2.09. The van der Waals surface area contributed by atoms with Crippen molar-refractivity contribution in [3.63, 3.8) is 0 Å². The Labute approximate surface area is 136 Å². The first-order valence-electron chi connectivity index (χ1n) is 7.43. The summed E-state index contributed by atoms with van der Waals surface area (Å²) < 4.78 is 0. The molecule has 114 valence electrons. The summed E-state index contributed by atoms with van der Waals surface area (Å²) in [5.74, 6) is 0.362. The van der Waals surface area contributed by atoms with Gasteiger partial charge in [-0.1, -0.05) is 55.8 Å². The summed E-state index contributed by atoms with van der Waals surface area (Å²) in [6.45, 7) is 4.36. The predicted octanol–water partition coefficient (Wildman–Crippen LogP) is 5.51. The van der Waals surface area contributed by atoms with Gasteiger partial charge in [0.1, 0.15) is 0 Å². The van der Waals surface area contributed by atoms with Crippen LogP contribution in [0.3, 0.4) is 0 Å². The molecule has 0 fully saturated rings. The molecule has 1 N–H and O–H groups in total.